The Labute approximate surface area is 104 Å². The summed E-state index contributed by atoms with van der Waals surface area (Å²) in [5.74, 6) is -0.700. The number of nitrogens with zero attached hydrogens (tertiary/aromatic N) is 2. The van der Waals surface area contributed by atoms with Gasteiger partial charge in [0.05, 0.1) is 0 Å². The molecule has 0 radical (unpaired) electrons. The highest BCUT2D eigenvalue weighted by Gasteiger charge is 2.19. The normalized spacial score (nSPS) is 13.7. The minimum absolute atomic E-state index is 0.00459. The van der Waals surface area contributed by atoms with Gasteiger partial charge >= 0.3 is 0 Å². The quantitative estimate of drug-likeness (QED) is 0.591. The third-order valence-electron chi connectivity index (χ3n) is 2.40. The first kappa shape index (κ1) is 12.9. The highest BCUT2D eigenvalue weighted by Crippen LogP contribution is 2.06. The molecule has 1 aromatic heterocycles. The van der Waals surface area contributed by atoms with Crippen LogP contribution in [0.25, 0.3) is 10.9 Å². The van der Waals surface area contributed by atoms with E-state index >= 15 is 0 Å². The average molecular weight is 269 g/mol. The van der Waals surface area contributed by atoms with Crippen LogP contribution in [0, 0.1) is 0 Å². The molecule has 1 aromatic carbocycles. The Hall–Kier alpha value is -1.57. The third-order valence-corrected chi connectivity index (χ3v) is 3.21. The van der Waals surface area contributed by atoms with Crippen LogP contribution in [0.5, 0.6) is 0 Å². The van der Waals surface area contributed by atoms with Crippen molar-refractivity contribution in [3.63, 3.8) is 0 Å². The Morgan fingerprint density at radius 3 is 2.72 bits per heavy atom. The van der Waals surface area contributed by atoms with E-state index in [9.17, 15) is 13.5 Å². The summed E-state index contributed by atoms with van der Waals surface area (Å²) in [6.45, 7) is 0.00459. The molecule has 1 unspecified atom stereocenters. The maximum Gasteiger partial charge on any atom is 0.267 e. The zero-order chi connectivity index (χ0) is 13.2. The van der Waals surface area contributed by atoms with E-state index in [0.717, 1.165) is 10.9 Å². The second kappa shape index (κ2) is 4.97. The SMILES string of the molecule is O=S(=O)(O)CC(O)C[n+]1ccc2ccccc2n1. The Balaban J connectivity index is 2.17. The molecule has 0 saturated heterocycles. The first-order chi connectivity index (χ1) is 8.44. The van der Waals surface area contributed by atoms with Crippen molar-refractivity contribution in [3.8, 4) is 0 Å². The summed E-state index contributed by atoms with van der Waals surface area (Å²) >= 11 is 0. The Kier molecular flexibility index (Phi) is 3.55. The smallest absolute Gasteiger partial charge is 0.267 e. The molecule has 0 fully saturated rings. The highest BCUT2D eigenvalue weighted by molar-refractivity contribution is 7.85. The van der Waals surface area contributed by atoms with Gasteiger partial charge in [0.1, 0.15) is 17.4 Å². The second-order valence-corrected chi connectivity index (χ2v) is 5.50. The van der Waals surface area contributed by atoms with E-state index < -0.39 is 22.0 Å². The maximum atomic E-state index is 10.6. The van der Waals surface area contributed by atoms with Gasteiger partial charge in [0.15, 0.2) is 6.20 Å². The van der Waals surface area contributed by atoms with Gasteiger partial charge in [-0.2, -0.15) is 8.42 Å². The number of hydrogen-bond acceptors (Lipinski definition) is 4. The fraction of sp³-hybridized carbons (Fsp3) is 0.273. The lowest BCUT2D eigenvalue weighted by Gasteiger charge is -2.03. The van der Waals surface area contributed by atoms with Crippen LogP contribution in [0.4, 0.5) is 0 Å². The zero-order valence-electron chi connectivity index (χ0n) is 9.47. The largest absolute Gasteiger partial charge is 0.385 e. The molecule has 0 saturated carbocycles. The van der Waals surface area contributed by atoms with Gasteiger partial charge in [-0.15, -0.1) is 0 Å². The zero-order valence-corrected chi connectivity index (χ0v) is 10.3. The van der Waals surface area contributed by atoms with Gasteiger partial charge in [-0.25, -0.2) is 0 Å². The summed E-state index contributed by atoms with van der Waals surface area (Å²) in [5.41, 5.74) is 0.749. The molecule has 0 aliphatic heterocycles. The van der Waals surface area contributed by atoms with Crippen LogP contribution >= 0.6 is 0 Å². The van der Waals surface area contributed by atoms with Crippen LogP contribution in [-0.2, 0) is 16.7 Å². The lowest BCUT2D eigenvalue weighted by atomic mass is 10.2. The van der Waals surface area contributed by atoms with Gasteiger partial charge in [-0.1, -0.05) is 22.9 Å². The van der Waals surface area contributed by atoms with E-state index in [2.05, 4.69) is 5.10 Å². The van der Waals surface area contributed by atoms with E-state index in [4.69, 9.17) is 4.55 Å². The van der Waals surface area contributed by atoms with Crippen molar-refractivity contribution in [2.75, 3.05) is 5.75 Å². The molecule has 1 heterocycles. The lowest BCUT2D eigenvalue weighted by Crippen LogP contribution is -2.44. The van der Waals surface area contributed by atoms with Crippen molar-refractivity contribution in [2.24, 2.45) is 0 Å². The molecule has 0 spiro atoms. The van der Waals surface area contributed by atoms with Crippen molar-refractivity contribution in [2.45, 2.75) is 12.6 Å². The van der Waals surface area contributed by atoms with Crippen molar-refractivity contribution >= 4 is 21.0 Å². The van der Waals surface area contributed by atoms with E-state index in [0.29, 0.717) is 0 Å². The number of hydrogen-bond donors (Lipinski definition) is 2. The molecule has 0 aliphatic carbocycles. The molecule has 0 aliphatic rings. The molecular formula is C11H13N2O4S+. The molecule has 1 atom stereocenters. The van der Waals surface area contributed by atoms with E-state index in [-0.39, 0.29) is 6.54 Å². The summed E-state index contributed by atoms with van der Waals surface area (Å²) in [4.78, 5) is 0. The fourth-order valence-electron chi connectivity index (χ4n) is 1.67. The molecule has 7 heteroatoms. The number of aromatic nitrogens is 2. The molecule has 0 amide bonds. The van der Waals surface area contributed by atoms with Crippen molar-refractivity contribution < 1.29 is 22.8 Å². The van der Waals surface area contributed by atoms with Gasteiger partial charge in [0.2, 0.25) is 6.54 Å². The number of benzene rings is 1. The van der Waals surface area contributed by atoms with Crippen LogP contribution in [0.15, 0.2) is 36.5 Å². The Morgan fingerprint density at radius 1 is 1.28 bits per heavy atom. The fourth-order valence-corrected chi connectivity index (χ4v) is 2.26. The van der Waals surface area contributed by atoms with E-state index in [1.165, 1.54) is 4.68 Å². The molecule has 2 N–H and O–H groups in total. The first-order valence-electron chi connectivity index (χ1n) is 5.33. The van der Waals surface area contributed by atoms with Gasteiger partial charge in [0.25, 0.3) is 10.1 Å². The topological polar surface area (TPSA) is 91.4 Å². The number of aliphatic hydroxyl groups excluding tert-OH is 1. The number of aliphatic hydroxyl groups is 1. The van der Waals surface area contributed by atoms with Gasteiger partial charge in [-0.05, 0) is 6.07 Å². The molecule has 18 heavy (non-hydrogen) atoms. The van der Waals surface area contributed by atoms with Gasteiger partial charge in [-0.3, -0.25) is 4.55 Å². The minimum atomic E-state index is -4.18. The summed E-state index contributed by atoms with van der Waals surface area (Å²) in [6.07, 6.45) is 0.453. The summed E-state index contributed by atoms with van der Waals surface area (Å²) < 4.78 is 31.3. The number of fused-ring (bicyclic) bond motifs is 1. The summed E-state index contributed by atoms with van der Waals surface area (Å²) in [7, 11) is -4.18. The van der Waals surface area contributed by atoms with Crippen molar-refractivity contribution in [3.05, 3.63) is 36.5 Å². The predicted molar refractivity (Wildman–Crippen MR) is 64.4 cm³/mol. The second-order valence-electron chi connectivity index (χ2n) is 4.00. The van der Waals surface area contributed by atoms with E-state index in [1.807, 2.05) is 30.3 Å². The average Bonchev–Trinajstić information content (AvgIpc) is 2.26. The van der Waals surface area contributed by atoms with Crippen LogP contribution in [-0.4, -0.2) is 35.0 Å². The van der Waals surface area contributed by atoms with Gasteiger partial charge in [0, 0.05) is 16.6 Å². The van der Waals surface area contributed by atoms with Gasteiger partial charge < -0.3 is 5.11 Å². The summed E-state index contributed by atoms with van der Waals surface area (Å²) in [6, 6.07) is 9.28. The van der Waals surface area contributed by atoms with Crippen LogP contribution in [0.1, 0.15) is 0 Å². The van der Waals surface area contributed by atoms with Crippen LogP contribution in [0.3, 0.4) is 0 Å². The molecule has 2 aromatic rings. The maximum absolute atomic E-state index is 10.6. The number of rotatable bonds is 4. The van der Waals surface area contributed by atoms with Crippen LogP contribution in [0.2, 0.25) is 0 Å². The highest BCUT2D eigenvalue weighted by atomic mass is 32.2. The van der Waals surface area contributed by atoms with Crippen LogP contribution < -0.4 is 4.68 Å². The standard InChI is InChI=1S/C11H12N2O4S/c14-10(8-18(15,16)17)7-13-6-5-9-3-1-2-4-11(9)12-13/h1-6,10,14H,7-8H2/p+1. The Bertz CT molecular complexity index is 657. The van der Waals surface area contributed by atoms with E-state index in [1.54, 1.807) is 6.20 Å². The third kappa shape index (κ3) is 3.46. The summed E-state index contributed by atoms with van der Waals surface area (Å²) in [5, 5.41) is 14.7. The monoisotopic (exact) mass is 269 g/mol. The lowest BCUT2D eigenvalue weighted by molar-refractivity contribution is -0.756. The minimum Gasteiger partial charge on any atom is -0.385 e. The molecular weight excluding hydrogens is 256 g/mol. The van der Waals surface area contributed by atoms with Crippen molar-refractivity contribution in [1.29, 1.82) is 0 Å². The predicted octanol–water partition coefficient (Wildman–Crippen LogP) is -0.229. The Morgan fingerprint density at radius 2 is 2.00 bits per heavy atom. The molecule has 0 bridgehead atoms. The van der Waals surface area contributed by atoms with Crippen molar-refractivity contribution in [1.82, 2.24) is 5.10 Å². The molecule has 2 rings (SSSR count). The molecule has 96 valence electrons. The molecule has 6 nitrogen and oxygen atoms in total. The first-order valence-corrected chi connectivity index (χ1v) is 6.94.